The first kappa shape index (κ1) is 16.6. The van der Waals surface area contributed by atoms with Crippen LogP contribution in [0.2, 0.25) is 0 Å². The molecule has 3 heterocycles. The summed E-state index contributed by atoms with van der Waals surface area (Å²) in [5.41, 5.74) is 3.25. The molecule has 6 nitrogen and oxygen atoms in total. The number of nitrogens with zero attached hydrogens (tertiary/aromatic N) is 5. The van der Waals surface area contributed by atoms with Crippen molar-refractivity contribution >= 4 is 33.3 Å². The van der Waals surface area contributed by atoms with Gasteiger partial charge in [0.05, 0.1) is 11.3 Å². The molecule has 0 bridgehead atoms. The molecule has 1 fully saturated rings. The van der Waals surface area contributed by atoms with E-state index in [0.717, 1.165) is 27.2 Å². The third kappa shape index (κ3) is 2.63. The average molecular weight is 365 g/mol. The molecule has 26 heavy (non-hydrogen) atoms. The van der Waals surface area contributed by atoms with Gasteiger partial charge in [-0.1, -0.05) is 18.2 Å². The number of anilines is 1. The van der Waals surface area contributed by atoms with Crippen molar-refractivity contribution in [2.45, 2.75) is 6.92 Å². The topological polar surface area (TPSA) is 65.2 Å². The zero-order valence-corrected chi connectivity index (χ0v) is 15.6. The Balaban J connectivity index is 1.53. The van der Waals surface area contributed by atoms with E-state index in [2.05, 4.69) is 15.3 Å². The lowest BCUT2D eigenvalue weighted by molar-refractivity contribution is 0.0749. The van der Waals surface area contributed by atoms with Gasteiger partial charge in [0.2, 0.25) is 0 Å². The number of rotatable bonds is 2. The van der Waals surface area contributed by atoms with Crippen molar-refractivity contribution in [3.8, 4) is 6.07 Å². The van der Waals surface area contributed by atoms with Crippen LogP contribution in [0.5, 0.6) is 0 Å². The van der Waals surface area contributed by atoms with Crippen LogP contribution in [0.1, 0.15) is 21.6 Å². The van der Waals surface area contributed by atoms with E-state index >= 15 is 0 Å². The van der Waals surface area contributed by atoms with E-state index in [-0.39, 0.29) is 5.91 Å². The number of aryl methyl sites for hydroxylation is 2. The highest BCUT2D eigenvalue weighted by atomic mass is 32.1. The summed E-state index contributed by atoms with van der Waals surface area (Å²) >= 11 is 1.37. The van der Waals surface area contributed by atoms with E-state index in [4.69, 9.17) is 0 Å². The molecule has 1 aliphatic rings. The molecule has 132 valence electrons. The number of aromatic nitrogens is 2. The zero-order valence-electron chi connectivity index (χ0n) is 14.8. The van der Waals surface area contributed by atoms with Gasteiger partial charge in [-0.05, 0) is 24.5 Å². The van der Waals surface area contributed by atoms with Crippen molar-refractivity contribution in [1.82, 2.24) is 13.8 Å². The number of fused-ring (bicyclic) bond motifs is 1. The van der Waals surface area contributed by atoms with E-state index in [1.165, 1.54) is 11.5 Å². The molecule has 7 heteroatoms. The van der Waals surface area contributed by atoms with E-state index in [9.17, 15) is 10.1 Å². The van der Waals surface area contributed by atoms with Gasteiger partial charge in [0.15, 0.2) is 0 Å². The van der Waals surface area contributed by atoms with Crippen molar-refractivity contribution in [2.75, 3.05) is 31.1 Å². The number of amides is 1. The highest BCUT2D eigenvalue weighted by molar-refractivity contribution is 7.10. The van der Waals surface area contributed by atoms with Crippen LogP contribution in [0.4, 0.5) is 5.00 Å². The van der Waals surface area contributed by atoms with Crippen molar-refractivity contribution < 1.29 is 4.79 Å². The monoisotopic (exact) mass is 365 g/mol. The van der Waals surface area contributed by atoms with Crippen LogP contribution < -0.4 is 4.90 Å². The lowest BCUT2D eigenvalue weighted by Gasteiger charge is -2.35. The molecule has 0 aliphatic carbocycles. The summed E-state index contributed by atoms with van der Waals surface area (Å²) in [4.78, 5) is 17.1. The highest BCUT2D eigenvalue weighted by Gasteiger charge is 2.26. The molecule has 3 aromatic rings. The van der Waals surface area contributed by atoms with Gasteiger partial charge in [-0.15, -0.1) is 0 Å². The molecule has 0 atom stereocenters. The number of piperazine rings is 1. The first-order chi connectivity index (χ1) is 12.6. The Hall–Kier alpha value is -2.85. The summed E-state index contributed by atoms with van der Waals surface area (Å²) in [6, 6.07) is 10.2. The predicted molar refractivity (Wildman–Crippen MR) is 103 cm³/mol. The Morgan fingerprint density at radius 1 is 1.23 bits per heavy atom. The number of nitriles is 1. The van der Waals surface area contributed by atoms with Gasteiger partial charge >= 0.3 is 0 Å². The largest absolute Gasteiger partial charge is 0.358 e. The maximum atomic E-state index is 13.0. The summed E-state index contributed by atoms with van der Waals surface area (Å²) in [6.07, 6.45) is 1.92. The smallest absolute Gasteiger partial charge is 0.256 e. The van der Waals surface area contributed by atoms with Crippen LogP contribution in [-0.4, -0.2) is 45.9 Å². The molecule has 1 saturated heterocycles. The quantitative estimate of drug-likeness (QED) is 0.700. The summed E-state index contributed by atoms with van der Waals surface area (Å²) < 4.78 is 6.29. The van der Waals surface area contributed by atoms with Gasteiger partial charge in [-0.2, -0.15) is 9.64 Å². The van der Waals surface area contributed by atoms with Crippen molar-refractivity contribution in [3.63, 3.8) is 0 Å². The van der Waals surface area contributed by atoms with Gasteiger partial charge in [-0.25, -0.2) is 0 Å². The Kier molecular flexibility index (Phi) is 4.13. The molecular formula is C19H19N5OS. The normalized spacial score (nSPS) is 14.7. The second-order valence-corrected chi connectivity index (χ2v) is 7.26. The second-order valence-electron chi connectivity index (χ2n) is 6.51. The van der Waals surface area contributed by atoms with E-state index < -0.39 is 0 Å². The van der Waals surface area contributed by atoms with Crippen LogP contribution in [-0.2, 0) is 7.05 Å². The molecule has 1 amide bonds. The highest BCUT2D eigenvalue weighted by Crippen LogP contribution is 2.29. The third-order valence-corrected chi connectivity index (χ3v) is 5.94. The Morgan fingerprint density at radius 3 is 2.69 bits per heavy atom. The first-order valence-corrected chi connectivity index (χ1v) is 9.32. The number of hydrogen-bond donors (Lipinski definition) is 0. The third-order valence-electron chi connectivity index (χ3n) is 4.94. The maximum Gasteiger partial charge on any atom is 0.256 e. The lowest BCUT2D eigenvalue weighted by atomic mass is 10.1. The van der Waals surface area contributed by atoms with Crippen LogP contribution in [0.15, 0.2) is 30.5 Å². The number of para-hydroxylation sites is 1. The Labute approximate surface area is 156 Å². The molecular weight excluding hydrogens is 346 g/mol. The van der Waals surface area contributed by atoms with Gasteiger partial charge in [0.25, 0.3) is 5.91 Å². The number of carbonyl (C=O) groups excluding carboxylic acids is 1. The Morgan fingerprint density at radius 2 is 1.96 bits per heavy atom. The van der Waals surface area contributed by atoms with Gasteiger partial charge < -0.3 is 14.4 Å². The summed E-state index contributed by atoms with van der Waals surface area (Å²) in [7, 11) is 1.96. The lowest BCUT2D eigenvalue weighted by Crippen LogP contribution is -2.48. The molecule has 1 aliphatic heterocycles. The molecule has 2 aromatic heterocycles. The van der Waals surface area contributed by atoms with Crippen molar-refractivity contribution in [2.24, 2.45) is 7.05 Å². The zero-order chi connectivity index (χ0) is 18.3. The fraction of sp³-hybridized carbons (Fsp3) is 0.316. The number of benzene rings is 1. The SMILES string of the molecule is Cc1nsc(N2CCN(C(=O)c3cn(C)c4ccccc34)CC2)c1C#N. The number of carbonyl (C=O) groups is 1. The summed E-state index contributed by atoms with van der Waals surface area (Å²) in [6.45, 7) is 4.58. The molecule has 0 N–H and O–H groups in total. The fourth-order valence-corrected chi connectivity index (χ4v) is 4.39. The molecule has 0 spiro atoms. The van der Waals surface area contributed by atoms with Crippen LogP contribution in [0.3, 0.4) is 0 Å². The standard InChI is InChI=1S/C19H19N5OS/c1-13-15(11-20)19(26-21-13)24-9-7-23(8-10-24)18(25)16-12-22(2)17-6-4-3-5-14(16)17/h3-6,12H,7-10H2,1-2H3. The minimum absolute atomic E-state index is 0.0717. The molecule has 4 rings (SSSR count). The second kappa shape index (κ2) is 6.46. The minimum atomic E-state index is 0.0717. The van der Waals surface area contributed by atoms with E-state index in [1.807, 2.05) is 53.9 Å². The van der Waals surface area contributed by atoms with Gasteiger partial charge in [0, 0.05) is 50.3 Å². The first-order valence-electron chi connectivity index (χ1n) is 8.55. The number of hydrogen-bond acceptors (Lipinski definition) is 5. The van der Waals surface area contributed by atoms with Crippen LogP contribution >= 0.6 is 11.5 Å². The van der Waals surface area contributed by atoms with Crippen molar-refractivity contribution in [1.29, 1.82) is 5.26 Å². The predicted octanol–water partition coefficient (Wildman–Crippen LogP) is 2.78. The molecule has 0 saturated carbocycles. The minimum Gasteiger partial charge on any atom is -0.358 e. The Bertz CT molecular complexity index is 1020. The van der Waals surface area contributed by atoms with Crippen LogP contribution in [0, 0.1) is 18.3 Å². The molecule has 1 aromatic carbocycles. The van der Waals surface area contributed by atoms with Crippen LogP contribution in [0.25, 0.3) is 10.9 Å². The summed E-state index contributed by atoms with van der Waals surface area (Å²) in [5, 5.41) is 11.2. The van der Waals surface area contributed by atoms with Crippen molar-refractivity contribution in [3.05, 3.63) is 47.3 Å². The maximum absolute atomic E-state index is 13.0. The van der Waals surface area contributed by atoms with Gasteiger partial charge in [0.1, 0.15) is 16.6 Å². The summed E-state index contributed by atoms with van der Waals surface area (Å²) in [5.74, 6) is 0.0717. The molecule has 0 radical (unpaired) electrons. The fourth-order valence-electron chi connectivity index (χ4n) is 3.50. The van der Waals surface area contributed by atoms with Gasteiger partial charge in [-0.3, -0.25) is 4.79 Å². The van der Waals surface area contributed by atoms with E-state index in [1.54, 1.807) is 0 Å². The molecule has 0 unspecified atom stereocenters. The average Bonchev–Trinajstić information content (AvgIpc) is 3.21. The van der Waals surface area contributed by atoms with E-state index in [0.29, 0.717) is 31.7 Å².